The van der Waals surface area contributed by atoms with E-state index < -0.39 is 0 Å². The summed E-state index contributed by atoms with van der Waals surface area (Å²) in [5, 5.41) is 12.2. The number of rotatable bonds is 3. The fraction of sp³-hybridized carbons (Fsp3) is 0.300. The molecule has 0 atom stereocenters. The molecule has 0 spiro atoms. The number of aryl methyl sites for hydroxylation is 1. The zero-order valence-electron chi connectivity index (χ0n) is 15.3. The molecule has 1 amide bonds. The number of hydrogen-bond acceptors (Lipinski definition) is 5. The Bertz CT molecular complexity index is 906. The van der Waals surface area contributed by atoms with E-state index in [1.165, 1.54) is 0 Å². The normalized spacial score (nSPS) is 14.9. The molecule has 0 N–H and O–H groups in total. The Morgan fingerprint density at radius 3 is 2.48 bits per heavy atom. The Balaban J connectivity index is 1.49. The summed E-state index contributed by atoms with van der Waals surface area (Å²) in [5.74, 6) is 0.797. The van der Waals surface area contributed by atoms with Gasteiger partial charge in [-0.3, -0.25) is 4.79 Å². The maximum Gasteiger partial charge on any atom is 0.253 e. The molecule has 7 heteroatoms. The third-order valence-corrected chi connectivity index (χ3v) is 4.82. The lowest BCUT2D eigenvalue weighted by Crippen LogP contribution is -2.35. The van der Waals surface area contributed by atoms with Crippen LogP contribution in [0, 0.1) is 6.92 Å². The van der Waals surface area contributed by atoms with Crippen molar-refractivity contribution in [2.75, 3.05) is 31.1 Å². The number of hydrogen-bond donors (Lipinski definition) is 0. The molecular formula is C20H22N6O. The zero-order valence-corrected chi connectivity index (χ0v) is 15.3. The monoisotopic (exact) mass is 362 g/mol. The molecule has 1 fully saturated rings. The summed E-state index contributed by atoms with van der Waals surface area (Å²) >= 11 is 0. The molecule has 138 valence electrons. The lowest BCUT2D eigenvalue weighted by molar-refractivity contribution is 0.0767. The molecule has 1 aliphatic heterocycles. The first-order valence-corrected chi connectivity index (χ1v) is 9.17. The van der Waals surface area contributed by atoms with E-state index in [0.717, 1.165) is 36.3 Å². The van der Waals surface area contributed by atoms with E-state index in [1.807, 2.05) is 66.4 Å². The van der Waals surface area contributed by atoms with Crippen LogP contribution in [0.15, 0.2) is 54.6 Å². The highest BCUT2D eigenvalue weighted by atomic mass is 16.2. The van der Waals surface area contributed by atoms with Crippen molar-refractivity contribution >= 4 is 11.9 Å². The first-order chi connectivity index (χ1) is 13.2. The molecule has 2 heterocycles. The van der Waals surface area contributed by atoms with Crippen LogP contribution in [0.4, 0.5) is 5.95 Å². The molecule has 1 aliphatic rings. The molecule has 4 rings (SSSR count). The van der Waals surface area contributed by atoms with Crippen molar-refractivity contribution in [3.8, 4) is 5.69 Å². The minimum absolute atomic E-state index is 0.0829. The van der Waals surface area contributed by atoms with Crippen LogP contribution in [0.25, 0.3) is 5.69 Å². The fourth-order valence-corrected chi connectivity index (χ4v) is 3.32. The van der Waals surface area contributed by atoms with Gasteiger partial charge >= 0.3 is 0 Å². The van der Waals surface area contributed by atoms with Gasteiger partial charge in [0.05, 0.1) is 5.69 Å². The second-order valence-corrected chi connectivity index (χ2v) is 6.73. The van der Waals surface area contributed by atoms with Crippen LogP contribution in [0.3, 0.4) is 0 Å². The van der Waals surface area contributed by atoms with E-state index in [0.29, 0.717) is 19.0 Å². The molecule has 0 saturated carbocycles. The van der Waals surface area contributed by atoms with Crippen LogP contribution in [-0.4, -0.2) is 57.2 Å². The summed E-state index contributed by atoms with van der Waals surface area (Å²) in [6.07, 6.45) is 0.874. The highest BCUT2D eigenvalue weighted by Gasteiger charge is 2.23. The number of carbonyl (C=O) groups is 1. The number of para-hydroxylation sites is 1. The Labute approximate surface area is 158 Å². The first-order valence-electron chi connectivity index (χ1n) is 9.17. The molecular weight excluding hydrogens is 340 g/mol. The van der Waals surface area contributed by atoms with Gasteiger partial charge in [-0.2, -0.15) is 4.68 Å². The fourth-order valence-electron chi connectivity index (χ4n) is 3.32. The van der Waals surface area contributed by atoms with Gasteiger partial charge in [0.15, 0.2) is 0 Å². The molecule has 0 radical (unpaired) electrons. The van der Waals surface area contributed by atoms with Gasteiger partial charge in [-0.05, 0) is 48.0 Å². The number of aromatic nitrogens is 4. The van der Waals surface area contributed by atoms with Crippen LogP contribution in [0.1, 0.15) is 22.3 Å². The van der Waals surface area contributed by atoms with E-state index in [9.17, 15) is 4.79 Å². The van der Waals surface area contributed by atoms with Crippen LogP contribution in [0.2, 0.25) is 0 Å². The van der Waals surface area contributed by atoms with Gasteiger partial charge < -0.3 is 9.80 Å². The molecule has 1 aromatic heterocycles. The van der Waals surface area contributed by atoms with Crippen molar-refractivity contribution in [1.29, 1.82) is 0 Å². The molecule has 3 aromatic rings. The topological polar surface area (TPSA) is 67.2 Å². The van der Waals surface area contributed by atoms with Crippen molar-refractivity contribution in [1.82, 2.24) is 25.1 Å². The Morgan fingerprint density at radius 2 is 1.70 bits per heavy atom. The molecule has 0 aliphatic carbocycles. The Morgan fingerprint density at radius 1 is 0.926 bits per heavy atom. The lowest BCUT2D eigenvalue weighted by atomic mass is 10.1. The van der Waals surface area contributed by atoms with E-state index in [-0.39, 0.29) is 5.91 Å². The number of nitrogens with zero attached hydrogens (tertiary/aromatic N) is 6. The predicted octanol–water partition coefficient (Wildman–Crippen LogP) is 2.32. The SMILES string of the molecule is Cc1ccc(C(=O)N2CCCN(c3nnnn3-c3ccccc3)CC2)cc1. The lowest BCUT2D eigenvalue weighted by Gasteiger charge is -2.22. The number of tetrazole rings is 1. The predicted molar refractivity (Wildman–Crippen MR) is 103 cm³/mol. The van der Waals surface area contributed by atoms with Crippen LogP contribution < -0.4 is 4.90 Å². The smallest absolute Gasteiger partial charge is 0.253 e. The summed E-state index contributed by atoms with van der Waals surface area (Å²) in [6.45, 7) is 4.91. The standard InChI is InChI=1S/C20H22N6O/c1-16-8-10-17(11-9-16)19(27)24-12-5-13-25(15-14-24)20-21-22-23-26(20)18-6-3-2-4-7-18/h2-4,6-11H,5,12-15H2,1H3. The van der Waals surface area contributed by atoms with E-state index in [2.05, 4.69) is 20.4 Å². The summed E-state index contributed by atoms with van der Waals surface area (Å²) < 4.78 is 1.75. The van der Waals surface area contributed by atoms with Crippen molar-refractivity contribution < 1.29 is 4.79 Å². The van der Waals surface area contributed by atoms with Crippen molar-refractivity contribution in [2.24, 2.45) is 0 Å². The van der Waals surface area contributed by atoms with E-state index >= 15 is 0 Å². The van der Waals surface area contributed by atoms with E-state index in [4.69, 9.17) is 0 Å². The molecule has 0 bridgehead atoms. The van der Waals surface area contributed by atoms with Crippen molar-refractivity contribution in [3.05, 3.63) is 65.7 Å². The number of benzene rings is 2. The van der Waals surface area contributed by atoms with Gasteiger partial charge in [0.2, 0.25) is 5.95 Å². The summed E-state index contributed by atoms with van der Waals surface area (Å²) in [7, 11) is 0. The minimum atomic E-state index is 0.0829. The largest absolute Gasteiger partial charge is 0.338 e. The highest BCUT2D eigenvalue weighted by molar-refractivity contribution is 5.94. The zero-order chi connectivity index (χ0) is 18.6. The maximum atomic E-state index is 12.8. The van der Waals surface area contributed by atoms with Gasteiger partial charge in [0, 0.05) is 31.7 Å². The molecule has 1 saturated heterocycles. The summed E-state index contributed by atoms with van der Waals surface area (Å²) in [6, 6.07) is 17.6. The second kappa shape index (κ2) is 7.57. The Kier molecular flexibility index (Phi) is 4.82. The average Bonchev–Trinajstić information content (AvgIpc) is 3.07. The number of anilines is 1. The number of amides is 1. The van der Waals surface area contributed by atoms with Gasteiger partial charge in [-0.15, -0.1) is 0 Å². The summed E-state index contributed by atoms with van der Waals surface area (Å²) in [5.41, 5.74) is 2.82. The number of carbonyl (C=O) groups excluding carboxylic acids is 1. The first kappa shape index (κ1) is 17.2. The molecule has 0 unspecified atom stereocenters. The highest BCUT2D eigenvalue weighted by Crippen LogP contribution is 2.18. The molecule has 27 heavy (non-hydrogen) atoms. The third kappa shape index (κ3) is 3.67. The second-order valence-electron chi connectivity index (χ2n) is 6.73. The van der Waals surface area contributed by atoms with Gasteiger partial charge in [0.25, 0.3) is 5.91 Å². The third-order valence-electron chi connectivity index (χ3n) is 4.82. The molecule has 2 aromatic carbocycles. The van der Waals surface area contributed by atoms with Gasteiger partial charge in [-0.25, -0.2) is 0 Å². The van der Waals surface area contributed by atoms with Crippen LogP contribution >= 0.6 is 0 Å². The average molecular weight is 362 g/mol. The minimum Gasteiger partial charge on any atom is -0.338 e. The van der Waals surface area contributed by atoms with Crippen molar-refractivity contribution in [2.45, 2.75) is 13.3 Å². The maximum absolute atomic E-state index is 12.8. The van der Waals surface area contributed by atoms with Crippen LogP contribution in [-0.2, 0) is 0 Å². The Hall–Kier alpha value is -3.22. The summed E-state index contributed by atoms with van der Waals surface area (Å²) in [4.78, 5) is 16.9. The van der Waals surface area contributed by atoms with Gasteiger partial charge in [0.1, 0.15) is 0 Å². The van der Waals surface area contributed by atoms with Gasteiger partial charge in [-0.1, -0.05) is 41.0 Å². The van der Waals surface area contributed by atoms with E-state index in [1.54, 1.807) is 4.68 Å². The quantitative estimate of drug-likeness (QED) is 0.715. The van der Waals surface area contributed by atoms with Crippen molar-refractivity contribution in [3.63, 3.8) is 0 Å². The van der Waals surface area contributed by atoms with Crippen LogP contribution in [0.5, 0.6) is 0 Å². The molecule has 7 nitrogen and oxygen atoms in total.